The first-order valence-electron chi connectivity index (χ1n) is 14.8. The fourth-order valence-corrected chi connectivity index (χ4v) is 6.85. The van der Waals surface area contributed by atoms with Crippen molar-refractivity contribution in [1.29, 1.82) is 0 Å². The number of fused-ring (bicyclic) bond motifs is 1. The Balaban J connectivity index is 1.17. The Labute approximate surface area is 251 Å². The van der Waals surface area contributed by atoms with Crippen LogP contribution < -0.4 is 4.90 Å². The van der Waals surface area contributed by atoms with Crippen LogP contribution >= 0.6 is 11.6 Å². The minimum Gasteiger partial charge on any atom is -0.343 e. The number of anilines is 1. The fraction of sp³-hybridized carbons (Fsp3) is 0.531. The van der Waals surface area contributed by atoms with Crippen LogP contribution in [-0.4, -0.2) is 84.8 Å². The van der Waals surface area contributed by atoms with E-state index in [0.29, 0.717) is 50.6 Å². The van der Waals surface area contributed by atoms with Crippen molar-refractivity contribution in [2.24, 2.45) is 17.8 Å². The molecule has 42 heavy (non-hydrogen) atoms. The van der Waals surface area contributed by atoms with Gasteiger partial charge in [0, 0.05) is 69.4 Å². The molecule has 3 aliphatic rings. The van der Waals surface area contributed by atoms with Crippen molar-refractivity contribution in [3.63, 3.8) is 0 Å². The maximum Gasteiger partial charge on any atom is 0.259 e. The summed E-state index contributed by atoms with van der Waals surface area (Å²) in [5.74, 6) is -1.69. The first kappa shape index (κ1) is 30.4. The highest BCUT2D eigenvalue weighted by Gasteiger charge is 2.42. The highest BCUT2D eigenvalue weighted by Crippen LogP contribution is 2.33. The second-order valence-electron chi connectivity index (χ2n) is 12.1. The van der Waals surface area contributed by atoms with E-state index in [1.165, 1.54) is 13.0 Å². The number of piperidine rings is 1. The molecule has 2 atom stereocenters. The van der Waals surface area contributed by atoms with Crippen LogP contribution in [0.25, 0.3) is 0 Å². The lowest BCUT2D eigenvalue weighted by atomic mass is 9.94. The van der Waals surface area contributed by atoms with Crippen LogP contribution in [0.1, 0.15) is 47.7 Å². The summed E-state index contributed by atoms with van der Waals surface area (Å²) >= 11 is 6.43. The Morgan fingerprint density at radius 2 is 1.57 bits per heavy atom. The minimum absolute atomic E-state index is 0.0421. The smallest absolute Gasteiger partial charge is 0.259 e. The van der Waals surface area contributed by atoms with Crippen LogP contribution in [0.4, 0.5) is 14.5 Å². The van der Waals surface area contributed by atoms with Gasteiger partial charge in [-0.1, -0.05) is 23.7 Å². The molecule has 226 valence electrons. The normalized spacial score (nSPS) is 21.1. The number of halogens is 3. The summed E-state index contributed by atoms with van der Waals surface area (Å²) in [5, 5.41) is 0.619. The SMILES string of the molecule is CC(=O)N1CCC(C(=O)N(CCCN2CC3CN(C(=O)c4c(F)ccc(C)c4F)CC3C2)c2ccc(C)c(Cl)c2)CC1. The van der Waals surface area contributed by atoms with Gasteiger partial charge in [0.2, 0.25) is 11.8 Å². The largest absolute Gasteiger partial charge is 0.343 e. The van der Waals surface area contributed by atoms with Crippen LogP contribution in [0.15, 0.2) is 30.3 Å². The van der Waals surface area contributed by atoms with E-state index in [0.717, 1.165) is 43.4 Å². The van der Waals surface area contributed by atoms with Crippen LogP contribution in [0.3, 0.4) is 0 Å². The topological polar surface area (TPSA) is 64.2 Å². The summed E-state index contributed by atoms with van der Waals surface area (Å²) < 4.78 is 28.9. The Hall–Kier alpha value is -3.04. The standard InChI is InChI=1S/C32H39ClF2N4O3/c1-20-5-7-26(15-27(20)33)39(31(41)23-9-13-37(14-10-23)22(3)40)12-4-11-36-16-24-18-38(19-25(24)17-36)32(42)29-28(34)8-6-21(2)30(29)35/h5-8,15,23-25H,4,9-14,16-19H2,1-3H3. The van der Waals surface area contributed by atoms with E-state index in [2.05, 4.69) is 4.90 Å². The Morgan fingerprint density at radius 3 is 2.19 bits per heavy atom. The molecular formula is C32H39ClF2N4O3. The number of hydrogen-bond acceptors (Lipinski definition) is 4. The summed E-state index contributed by atoms with van der Waals surface area (Å²) in [6, 6.07) is 8.22. The number of hydrogen-bond donors (Lipinski definition) is 0. The molecule has 5 rings (SSSR count). The van der Waals surface area contributed by atoms with Crippen molar-refractivity contribution in [3.05, 3.63) is 63.7 Å². The molecule has 0 spiro atoms. The molecule has 0 aromatic heterocycles. The number of rotatable bonds is 7. The third-order valence-corrected chi connectivity index (χ3v) is 9.63. The summed E-state index contributed by atoms with van der Waals surface area (Å²) in [4.78, 5) is 46.1. The highest BCUT2D eigenvalue weighted by molar-refractivity contribution is 6.31. The summed E-state index contributed by atoms with van der Waals surface area (Å²) in [6.45, 7) is 10.1. The molecule has 3 amide bonds. The second-order valence-corrected chi connectivity index (χ2v) is 12.5. The second kappa shape index (κ2) is 12.7. The molecule has 2 aromatic carbocycles. The molecule has 2 aromatic rings. The van der Waals surface area contributed by atoms with E-state index in [1.807, 2.05) is 30.0 Å². The number of amides is 3. The quantitative estimate of drug-likeness (QED) is 0.453. The fourth-order valence-electron chi connectivity index (χ4n) is 6.68. The number of nitrogens with zero attached hydrogens (tertiary/aromatic N) is 4. The van der Waals surface area contributed by atoms with Gasteiger partial charge < -0.3 is 19.6 Å². The molecule has 0 bridgehead atoms. The molecule has 3 heterocycles. The van der Waals surface area contributed by atoms with Crippen LogP contribution in [0.5, 0.6) is 0 Å². The van der Waals surface area contributed by atoms with Gasteiger partial charge in [0.05, 0.1) is 0 Å². The molecular weight excluding hydrogens is 562 g/mol. The van der Waals surface area contributed by atoms with Gasteiger partial charge in [-0.3, -0.25) is 14.4 Å². The zero-order valence-electron chi connectivity index (χ0n) is 24.5. The molecule has 0 radical (unpaired) electrons. The van der Waals surface area contributed by atoms with Gasteiger partial charge in [-0.05, 0) is 80.8 Å². The predicted octanol–water partition coefficient (Wildman–Crippen LogP) is 4.92. The minimum atomic E-state index is -0.819. The van der Waals surface area contributed by atoms with Crippen molar-refractivity contribution in [2.45, 2.75) is 40.0 Å². The Kier molecular flexibility index (Phi) is 9.18. The van der Waals surface area contributed by atoms with Gasteiger partial charge in [-0.25, -0.2) is 8.78 Å². The Bertz CT molecular complexity index is 1350. The van der Waals surface area contributed by atoms with Gasteiger partial charge in [0.1, 0.15) is 17.2 Å². The third-order valence-electron chi connectivity index (χ3n) is 9.23. The zero-order chi connectivity index (χ0) is 30.1. The lowest BCUT2D eigenvalue weighted by Crippen LogP contribution is -2.44. The average molecular weight is 601 g/mol. The summed E-state index contributed by atoms with van der Waals surface area (Å²) in [5.41, 5.74) is 1.53. The highest BCUT2D eigenvalue weighted by atomic mass is 35.5. The summed E-state index contributed by atoms with van der Waals surface area (Å²) in [6.07, 6.45) is 2.07. The molecule has 2 unspecified atom stereocenters. The maximum absolute atomic E-state index is 14.6. The first-order chi connectivity index (χ1) is 20.0. The predicted molar refractivity (Wildman–Crippen MR) is 159 cm³/mol. The van der Waals surface area contributed by atoms with E-state index in [1.54, 1.807) is 16.7 Å². The van der Waals surface area contributed by atoms with Crippen molar-refractivity contribution in [3.8, 4) is 0 Å². The molecule has 7 nitrogen and oxygen atoms in total. The number of carbonyl (C=O) groups excluding carboxylic acids is 3. The number of aryl methyl sites for hydroxylation is 2. The van der Waals surface area contributed by atoms with Gasteiger partial charge in [-0.2, -0.15) is 0 Å². The molecule has 3 aliphatic heterocycles. The van der Waals surface area contributed by atoms with Gasteiger partial charge in [-0.15, -0.1) is 0 Å². The van der Waals surface area contributed by atoms with Crippen molar-refractivity contribution in [2.75, 3.05) is 57.3 Å². The lowest BCUT2D eigenvalue weighted by molar-refractivity contribution is -0.133. The molecule has 3 fully saturated rings. The molecule has 0 saturated carbocycles. The molecule has 10 heteroatoms. The van der Waals surface area contributed by atoms with E-state index in [4.69, 9.17) is 11.6 Å². The van der Waals surface area contributed by atoms with Crippen molar-refractivity contribution in [1.82, 2.24) is 14.7 Å². The lowest BCUT2D eigenvalue weighted by Gasteiger charge is -2.34. The van der Waals surface area contributed by atoms with Crippen LogP contribution in [0.2, 0.25) is 5.02 Å². The first-order valence-corrected chi connectivity index (χ1v) is 15.2. The summed E-state index contributed by atoms with van der Waals surface area (Å²) in [7, 11) is 0. The van der Waals surface area contributed by atoms with E-state index in [9.17, 15) is 23.2 Å². The van der Waals surface area contributed by atoms with E-state index < -0.39 is 23.1 Å². The Morgan fingerprint density at radius 1 is 0.929 bits per heavy atom. The van der Waals surface area contributed by atoms with Crippen LogP contribution in [-0.2, 0) is 9.59 Å². The maximum atomic E-state index is 14.6. The van der Waals surface area contributed by atoms with Gasteiger partial charge in [0.15, 0.2) is 0 Å². The van der Waals surface area contributed by atoms with Crippen LogP contribution in [0, 0.1) is 43.2 Å². The third kappa shape index (κ3) is 6.32. The monoisotopic (exact) mass is 600 g/mol. The number of carbonyl (C=O) groups is 3. The number of benzene rings is 2. The molecule has 0 aliphatic carbocycles. The van der Waals surface area contributed by atoms with Crippen molar-refractivity contribution >= 4 is 35.0 Å². The molecule has 3 saturated heterocycles. The van der Waals surface area contributed by atoms with Gasteiger partial charge >= 0.3 is 0 Å². The average Bonchev–Trinajstić information content (AvgIpc) is 3.54. The van der Waals surface area contributed by atoms with E-state index >= 15 is 0 Å². The number of likely N-dealkylation sites (tertiary alicyclic amines) is 3. The van der Waals surface area contributed by atoms with E-state index in [-0.39, 0.29) is 35.1 Å². The zero-order valence-corrected chi connectivity index (χ0v) is 25.3. The van der Waals surface area contributed by atoms with Gasteiger partial charge in [0.25, 0.3) is 5.91 Å². The van der Waals surface area contributed by atoms with Crippen molar-refractivity contribution < 1.29 is 23.2 Å². The molecule has 0 N–H and O–H groups in total.